The highest BCUT2D eigenvalue weighted by Gasteiger charge is 2.24. The zero-order valence-corrected chi connectivity index (χ0v) is 14.1. The van der Waals surface area contributed by atoms with E-state index in [0.717, 1.165) is 29.1 Å². The molecule has 0 unspecified atom stereocenters. The number of aryl methyl sites for hydroxylation is 1. The van der Waals surface area contributed by atoms with E-state index in [1.807, 2.05) is 53.6 Å². The molecule has 2 heterocycles. The Morgan fingerprint density at radius 2 is 1.91 bits per heavy atom. The predicted octanol–water partition coefficient (Wildman–Crippen LogP) is 2.55. The third kappa shape index (κ3) is 3.80. The van der Waals surface area contributed by atoms with Gasteiger partial charge in [0.05, 0.1) is 0 Å². The summed E-state index contributed by atoms with van der Waals surface area (Å²) < 4.78 is 0. The minimum atomic E-state index is -0.436. The second-order valence-corrected chi connectivity index (χ2v) is 6.92. The fourth-order valence-corrected chi connectivity index (χ4v) is 3.64. The lowest BCUT2D eigenvalue weighted by Crippen LogP contribution is -2.49. The average Bonchev–Trinajstić information content (AvgIpc) is 3.10. The molecule has 1 aliphatic heterocycles. The summed E-state index contributed by atoms with van der Waals surface area (Å²) in [7, 11) is 0. The summed E-state index contributed by atoms with van der Waals surface area (Å²) in [4.78, 5) is 17.7. The van der Waals surface area contributed by atoms with Crippen LogP contribution in [-0.4, -0.2) is 53.5 Å². The van der Waals surface area contributed by atoms with Gasteiger partial charge in [0.15, 0.2) is 0 Å². The van der Waals surface area contributed by atoms with Crippen molar-refractivity contribution in [3.05, 3.63) is 57.8 Å². The van der Waals surface area contributed by atoms with Gasteiger partial charge in [0, 0.05) is 43.2 Å². The van der Waals surface area contributed by atoms with Crippen LogP contribution in [0, 0.1) is 6.92 Å². The van der Waals surface area contributed by atoms with E-state index >= 15 is 0 Å². The van der Waals surface area contributed by atoms with Crippen molar-refractivity contribution in [2.75, 3.05) is 32.7 Å². The number of rotatable bonds is 4. The van der Waals surface area contributed by atoms with Crippen molar-refractivity contribution in [3.8, 4) is 0 Å². The van der Waals surface area contributed by atoms with Crippen molar-refractivity contribution in [1.82, 2.24) is 9.80 Å². The Labute approximate surface area is 141 Å². The van der Waals surface area contributed by atoms with Gasteiger partial charge in [-0.25, -0.2) is 0 Å². The van der Waals surface area contributed by atoms with E-state index in [2.05, 4.69) is 4.90 Å². The molecule has 0 saturated carbocycles. The van der Waals surface area contributed by atoms with E-state index in [1.54, 1.807) is 11.3 Å². The van der Waals surface area contributed by atoms with Crippen molar-refractivity contribution in [2.45, 2.75) is 13.0 Å². The van der Waals surface area contributed by atoms with Crippen molar-refractivity contribution in [1.29, 1.82) is 0 Å². The number of hydrogen-bond acceptors (Lipinski definition) is 4. The molecule has 1 amide bonds. The highest BCUT2D eigenvalue weighted by Crippen LogP contribution is 2.20. The zero-order chi connectivity index (χ0) is 16.2. The van der Waals surface area contributed by atoms with Crippen LogP contribution in [0.1, 0.15) is 26.9 Å². The largest absolute Gasteiger partial charge is 0.386 e. The van der Waals surface area contributed by atoms with Crippen LogP contribution < -0.4 is 0 Å². The van der Waals surface area contributed by atoms with Gasteiger partial charge in [-0.1, -0.05) is 24.3 Å². The van der Waals surface area contributed by atoms with E-state index < -0.39 is 6.10 Å². The maximum atomic E-state index is 12.6. The highest BCUT2D eigenvalue weighted by molar-refractivity contribution is 7.10. The fraction of sp³-hybridized carbons (Fsp3) is 0.389. The Morgan fingerprint density at radius 3 is 2.57 bits per heavy atom. The van der Waals surface area contributed by atoms with E-state index in [9.17, 15) is 9.90 Å². The molecule has 1 atom stereocenters. The molecule has 1 aromatic carbocycles. The second-order valence-electron chi connectivity index (χ2n) is 5.94. The molecule has 23 heavy (non-hydrogen) atoms. The summed E-state index contributed by atoms with van der Waals surface area (Å²) in [5, 5.41) is 12.2. The van der Waals surface area contributed by atoms with Gasteiger partial charge in [-0.3, -0.25) is 9.69 Å². The number of hydrogen-bond donors (Lipinski definition) is 1. The van der Waals surface area contributed by atoms with Crippen LogP contribution in [0.25, 0.3) is 0 Å². The van der Waals surface area contributed by atoms with Crippen molar-refractivity contribution >= 4 is 17.2 Å². The van der Waals surface area contributed by atoms with Crippen LogP contribution in [0.15, 0.2) is 41.8 Å². The number of carbonyl (C=O) groups is 1. The number of carbonyl (C=O) groups excluding carboxylic acids is 1. The van der Waals surface area contributed by atoms with E-state index in [-0.39, 0.29) is 5.91 Å². The molecule has 1 N–H and O–H groups in total. The van der Waals surface area contributed by atoms with Crippen LogP contribution in [-0.2, 0) is 0 Å². The van der Waals surface area contributed by atoms with Crippen molar-refractivity contribution < 1.29 is 9.90 Å². The van der Waals surface area contributed by atoms with E-state index in [4.69, 9.17) is 0 Å². The topological polar surface area (TPSA) is 43.8 Å². The summed E-state index contributed by atoms with van der Waals surface area (Å²) in [5.41, 5.74) is 1.81. The van der Waals surface area contributed by atoms with Gasteiger partial charge in [-0.2, -0.15) is 0 Å². The summed E-state index contributed by atoms with van der Waals surface area (Å²) in [6.07, 6.45) is -0.436. The monoisotopic (exact) mass is 330 g/mol. The third-order valence-corrected chi connectivity index (χ3v) is 5.31. The van der Waals surface area contributed by atoms with Crippen molar-refractivity contribution in [3.63, 3.8) is 0 Å². The Balaban J connectivity index is 1.54. The minimum Gasteiger partial charge on any atom is -0.386 e. The molecule has 0 radical (unpaired) electrons. The van der Waals surface area contributed by atoms with E-state index in [0.29, 0.717) is 19.6 Å². The van der Waals surface area contributed by atoms with Gasteiger partial charge in [-0.15, -0.1) is 11.3 Å². The lowest BCUT2D eigenvalue weighted by atomic mass is 10.1. The number of aliphatic hydroxyl groups excluding tert-OH is 1. The first-order chi connectivity index (χ1) is 11.1. The van der Waals surface area contributed by atoms with Crippen LogP contribution in [0.5, 0.6) is 0 Å². The number of β-amino-alcohol motifs (C(OH)–C–C–N with tert-alkyl or cyclic N) is 1. The van der Waals surface area contributed by atoms with Crippen molar-refractivity contribution in [2.24, 2.45) is 0 Å². The molecule has 1 fully saturated rings. The van der Waals surface area contributed by atoms with Crippen LogP contribution in [0.2, 0.25) is 0 Å². The average molecular weight is 330 g/mol. The Kier molecular flexibility index (Phi) is 5.10. The summed E-state index contributed by atoms with van der Waals surface area (Å²) in [6.45, 7) is 5.64. The lowest BCUT2D eigenvalue weighted by molar-refractivity contribution is 0.0532. The van der Waals surface area contributed by atoms with Crippen LogP contribution in [0.3, 0.4) is 0 Å². The molecule has 1 aliphatic rings. The zero-order valence-electron chi connectivity index (χ0n) is 13.3. The number of piperazine rings is 1. The first-order valence-corrected chi connectivity index (χ1v) is 8.82. The molecule has 4 nitrogen and oxygen atoms in total. The number of amides is 1. The highest BCUT2D eigenvalue weighted by atomic mass is 32.1. The summed E-state index contributed by atoms with van der Waals surface area (Å²) >= 11 is 1.58. The molecule has 1 saturated heterocycles. The van der Waals surface area contributed by atoms with Gasteiger partial charge < -0.3 is 10.0 Å². The number of benzene rings is 1. The molecule has 5 heteroatoms. The molecular formula is C18H22N2O2S. The van der Waals surface area contributed by atoms with Crippen LogP contribution >= 0.6 is 11.3 Å². The molecule has 3 rings (SSSR count). The molecule has 0 aliphatic carbocycles. The predicted molar refractivity (Wildman–Crippen MR) is 92.8 cm³/mol. The standard InChI is InChI=1S/C18H22N2O2S/c1-14-5-2-3-6-15(14)18(22)20-10-8-19(9-11-20)13-16(21)17-7-4-12-23-17/h2-7,12,16,21H,8-11,13H2,1H3/t16-/m0/s1. The molecule has 0 bridgehead atoms. The van der Waals surface area contributed by atoms with Gasteiger partial charge in [0.25, 0.3) is 5.91 Å². The van der Waals surface area contributed by atoms with Gasteiger partial charge in [0.1, 0.15) is 6.10 Å². The maximum absolute atomic E-state index is 12.6. The molecule has 122 valence electrons. The number of aliphatic hydroxyl groups is 1. The number of nitrogens with zero attached hydrogens (tertiary/aromatic N) is 2. The van der Waals surface area contributed by atoms with Gasteiger partial charge in [-0.05, 0) is 30.0 Å². The number of thiophene rings is 1. The molecular weight excluding hydrogens is 308 g/mol. The smallest absolute Gasteiger partial charge is 0.254 e. The molecule has 1 aromatic heterocycles. The SMILES string of the molecule is Cc1ccccc1C(=O)N1CCN(C[C@H](O)c2cccs2)CC1. The third-order valence-electron chi connectivity index (χ3n) is 4.34. The minimum absolute atomic E-state index is 0.113. The lowest BCUT2D eigenvalue weighted by Gasteiger charge is -2.35. The van der Waals surface area contributed by atoms with Gasteiger partial charge in [0.2, 0.25) is 0 Å². The first kappa shape index (κ1) is 16.2. The van der Waals surface area contributed by atoms with Gasteiger partial charge >= 0.3 is 0 Å². The van der Waals surface area contributed by atoms with E-state index in [1.165, 1.54) is 0 Å². The molecule has 0 spiro atoms. The maximum Gasteiger partial charge on any atom is 0.254 e. The summed E-state index contributed by atoms with van der Waals surface area (Å²) in [6, 6.07) is 11.7. The quantitative estimate of drug-likeness (QED) is 0.937. The van der Waals surface area contributed by atoms with Crippen LogP contribution in [0.4, 0.5) is 0 Å². The summed E-state index contributed by atoms with van der Waals surface area (Å²) in [5.74, 6) is 0.113. The Bertz CT molecular complexity index is 649. The Hall–Kier alpha value is -1.69. The molecule has 2 aromatic rings. The second kappa shape index (κ2) is 7.25. The Morgan fingerprint density at radius 1 is 1.17 bits per heavy atom. The first-order valence-electron chi connectivity index (χ1n) is 7.94. The normalized spacial score (nSPS) is 17.2. The fourth-order valence-electron chi connectivity index (χ4n) is 2.93.